The smallest absolute Gasteiger partial charge is 0.254 e. The van der Waals surface area contributed by atoms with E-state index in [1.165, 1.54) is 6.33 Å². The molecule has 0 N–H and O–H groups in total. The topological polar surface area (TPSA) is 84.5 Å². The van der Waals surface area contributed by atoms with Gasteiger partial charge in [0.05, 0.1) is 0 Å². The molecule has 26 heavy (non-hydrogen) atoms. The molecule has 0 radical (unpaired) electrons. The molecule has 1 aliphatic rings. The molecule has 9 heteroatoms. The van der Waals surface area contributed by atoms with Gasteiger partial charge in [0.15, 0.2) is 0 Å². The number of fused-ring (bicyclic) bond motifs is 1. The monoisotopic (exact) mass is 354 g/mol. The van der Waals surface area contributed by atoms with Gasteiger partial charge >= 0.3 is 0 Å². The van der Waals surface area contributed by atoms with Gasteiger partial charge in [0.25, 0.3) is 5.78 Å². The van der Waals surface area contributed by atoms with Gasteiger partial charge in [0, 0.05) is 63.3 Å². The first-order valence-corrected chi connectivity index (χ1v) is 8.88. The molecule has 0 spiro atoms. The Balaban J connectivity index is 1.33. The number of amides is 1. The van der Waals surface area contributed by atoms with E-state index in [9.17, 15) is 4.79 Å². The Hall–Kier alpha value is -2.97. The highest BCUT2D eigenvalue weighted by Gasteiger charge is 2.23. The van der Waals surface area contributed by atoms with Crippen LogP contribution in [0.5, 0.6) is 0 Å². The minimum Gasteiger partial charge on any atom is -0.353 e. The summed E-state index contributed by atoms with van der Waals surface area (Å²) in [4.78, 5) is 25.2. The maximum Gasteiger partial charge on any atom is 0.254 e. The molecule has 3 aromatic heterocycles. The second-order valence-corrected chi connectivity index (χ2v) is 6.47. The number of hydrogen-bond acceptors (Lipinski definition) is 6. The molecule has 0 unspecified atom stereocenters. The van der Waals surface area contributed by atoms with Gasteiger partial charge in [-0.05, 0) is 19.4 Å². The number of carbonyl (C=O) groups is 1. The zero-order valence-corrected chi connectivity index (χ0v) is 14.8. The lowest BCUT2D eigenvalue weighted by Gasteiger charge is -2.36. The van der Waals surface area contributed by atoms with Crippen LogP contribution in [0.4, 0.5) is 5.82 Å². The van der Waals surface area contributed by atoms with Crippen LogP contribution in [-0.4, -0.2) is 66.3 Å². The van der Waals surface area contributed by atoms with Crippen LogP contribution < -0.4 is 4.90 Å². The number of piperazine rings is 1. The number of aryl methyl sites for hydroxylation is 2. The molecule has 0 aromatic carbocycles. The number of aromatic nitrogens is 6. The molecule has 9 nitrogen and oxygen atoms in total. The second kappa shape index (κ2) is 7.11. The van der Waals surface area contributed by atoms with Crippen molar-refractivity contribution in [2.75, 3.05) is 31.1 Å². The summed E-state index contributed by atoms with van der Waals surface area (Å²) >= 11 is 0. The molecule has 0 atom stereocenters. The minimum absolute atomic E-state index is 0.216. The van der Waals surface area contributed by atoms with E-state index in [-0.39, 0.29) is 5.91 Å². The first-order valence-electron chi connectivity index (χ1n) is 8.88. The molecule has 1 aliphatic heterocycles. The van der Waals surface area contributed by atoms with Crippen LogP contribution in [0.1, 0.15) is 18.5 Å². The summed E-state index contributed by atoms with van der Waals surface area (Å²) in [5, 5.41) is 8.43. The summed E-state index contributed by atoms with van der Waals surface area (Å²) < 4.78 is 3.62. The quantitative estimate of drug-likeness (QED) is 0.672. The zero-order valence-electron chi connectivity index (χ0n) is 14.8. The van der Waals surface area contributed by atoms with E-state index in [1.54, 1.807) is 10.7 Å². The van der Waals surface area contributed by atoms with E-state index in [2.05, 4.69) is 25.1 Å². The van der Waals surface area contributed by atoms with E-state index in [4.69, 9.17) is 0 Å². The molecule has 1 fully saturated rings. The van der Waals surface area contributed by atoms with Crippen LogP contribution in [0, 0.1) is 6.92 Å². The SMILES string of the molecule is Cc1cc(N2CCN(C(=O)CCCn3cccn3)CC2)n2ncnc2n1. The van der Waals surface area contributed by atoms with E-state index in [0.29, 0.717) is 12.2 Å². The standard InChI is InChI=1S/C17H22N8O/c1-14-12-15(25-17(21-14)18-13-20-25)22-8-10-23(11-9-22)16(26)4-2-6-24-7-3-5-19-24/h3,5,7,12-13H,2,4,6,8-11H2,1H3. The average Bonchev–Trinajstić information content (AvgIpc) is 3.32. The van der Waals surface area contributed by atoms with E-state index in [1.807, 2.05) is 34.8 Å². The molecule has 1 amide bonds. The van der Waals surface area contributed by atoms with Crippen LogP contribution in [0.2, 0.25) is 0 Å². The normalized spacial score (nSPS) is 15.0. The van der Waals surface area contributed by atoms with Gasteiger partial charge in [0.1, 0.15) is 12.1 Å². The lowest BCUT2D eigenvalue weighted by atomic mass is 10.2. The fourth-order valence-electron chi connectivity index (χ4n) is 3.30. The van der Waals surface area contributed by atoms with Crippen molar-refractivity contribution in [1.29, 1.82) is 0 Å². The van der Waals surface area contributed by atoms with Crippen molar-refractivity contribution in [1.82, 2.24) is 34.3 Å². The predicted molar refractivity (Wildman–Crippen MR) is 95.8 cm³/mol. The first-order chi connectivity index (χ1) is 12.7. The fourth-order valence-corrected chi connectivity index (χ4v) is 3.30. The highest BCUT2D eigenvalue weighted by Crippen LogP contribution is 2.18. The number of nitrogens with zero attached hydrogens (tertiary/aromatic N) is 8. The Morgan fingerprint density at radius 2 is 2.04 bits per heavy atom. The van der Waals surface area contributed by atoms with Gasteiger partial charge in [-0.15, -0.1) is 0 Å². The third-order valence-corrected chi connectivity index (χ3v) is 4.65. The van der Waals surface area contributed by atoms with Crippen molar-refractivity contribution >= 4 is 17.5 Å². The number of rotatable bonds is 5. The molecule has 0 bridgehead atoms. The molecule has 0 saturated carbocycles. The molecular weight excluding hydrogens is 332 g/mol. The highest BCUT2D eigenvalue weighted by molar-refractivity contribution is 5.76. The minimum atomic E-state index is 0.216. The fraction of sp³-hybridized carbons (Fsp3) is 0.471. The average molecular weight is 354 g/mol. The Morgan fingerprint density at radius 1 is 1.19 bits per heavy atom. The molecular formula is C17H22N8O. The maximum absolute atomic E-state index is 12.4. The summed E-state index contributed by atoms with van der Waals surface area (Å²) in [6.45, 7) is 5.74. The molecule has 0 aliphatic carbocycles. The molecule has 4 rings (SSSR count). The summed E-state index contributed by atoms with van der Waals surface area (Å²) in [6.07, 6.45) is 6.56. The van der Waals surface area contributed by atoms with Crippen molar-refractivity contribution in [3.8, 4) is 0 Å². The summed E-state index contributed by atoms with van der Waals surface area (Å²) in [7, 11) is 0. The van der Waals surface area contributed by atoms with E-state index >= 15 is 0 Å². The molecule has 4 heterocycles. The van der Waals surface area contributed by atoms with Crippen LogP contribution in [0.25, 0.3) is 5.78 Å². The van der Waals surface area contributed by atoms with Gasteiger partial charge in [-0.25, -0.2) is 4.98 Å². The summed E-state index contributed by atoms with van der Waals surface area (Å²) in [5.41, 5.74) is 0.914. The Bertz CT molecular complexity index is 879. The Labute approximate surface area is 151 Å². The van der Waals surface area contributed by atoms with E-state index in [0.717, 1.165) is 50.7 Å². The van der Waals surface area contributed by atoms with Crippen molar-refractivity contribution < 1.29 is 4.79 Å². The first kappa shape index (κ1) is 16.5. The molecule has 136 valence electrons. The van der Waals surface area contributed by atoms with Crippen molar-refractivity contribution in [2.45, 2.75) is 26.3 Å². The van der Waals surface area contributed by atoms with Crippen LogP contribution in [0.3, 0.4) is 0 Å². The molecule has 1 saturated heterocycles. The van der Waals surface area contributed by atoms with Crippen LogP contribution >= 0.6 is 0 Å². The second-order valence-electron chi connectivity index (χ2n) is 6.47. The van der Waals surface area contributed by atoms with Gasteiger partial charge < -0.3 is 9.80 Å². The third-order valence-electron chi connectivity index (χ3n) is 4.65. The van der Waals surface area contributed by atoms with Crippen molar-refractivity contribution in [3.05, 3.63) is 36.5 Å². The number of carbonyl (C=O) groups excluding carboxylic acids is 1. The van der Waals surface area contributed by atoms with E-state index < -0.39 is 0 Å². The summed E-state index contributed by atoms with van der Waals surface area (Å²) in [6, 6.07) is 3.91. The van der Waals surface area contributed by atoms with Gasteiger partial charge in [-0.2, -0.15) is 19.7 Å². The van der Waals surface area contributed by atoms with Crippen LogP contribution in [0.15, 0.2) is 30.9 Å². The highest BCUT2D eigenvalue weighted by atomic mass is 16.2. The Morgan fingerprint density at radius 3 is 2.81 bits per heavy atom. The maximum atomic E-state index is 12.4. The zero-order chi connectivity index (χ0) is 17.9. The van der Waals surface area contributed by atoms with Gasteiger partial charge in [0.2, 0.25) is 5.91 Å². The van der Waals surface area contributed by atoms with Gasteiger partial charge in [-0.1, -0.05) is 0 Å². The van der Waals surface area contributed by atoms with Crippen molar-refractivity contribution in [3.63, 3.8) is 0 Å². The Kier molecular flexibility index (Phi) is 4.51. The number of hydrogen-bond donors (Lipinski definition) is 0. The third kappa shape index (κ3) is 3.37. The largest absolute Gasteiger partial charge is 0.353 e. The van der Waals surface area contributed by atoms with Gasteiger partial charge in [-0.3, -0.25) is 9.48 Å². The number of anilines is 1. The molecule has 3 aromatic rings. The predicted octanol–water partition coefficient (Wildman–Crippen LogP) is 0.758. The summed E-state index contributed by atoms with van der Waals surface area (Å²) in [5.74, 6) is 1.81. The lowest BCUT2D eigenvalue weighted by Crippen LogP contribution is -2.49. The van der Waals surface area contributed by atoms with Crippen LogP contribution in [-0.2, 0) is 11.3 Å². The van der Waals surface area contributed by atoms with Crippen molar-refractivity contribution in [2.24, 2.45) is 0 Å². The lowest BCUT2D eigenvalue weighted by molar-refractivity contribution is -0.131.